The second-order valence-electron chi connectivity index (χ2n) is 3.54. The molecule has 0 aliphatic heterocycles. The fraction of sp³-hybridized carbons (Fsp3) is 0.364. The monoisotopic (exact) mass is 239 g/mol. The average molecular weight is 239 g/mol. The minimum atomic E-state index is -1.02. The van der Waals surface area contributed by atoms with E-state index in [2.05, 4.69) is 4.98 Å². The van der Waals surface area contributed by atoms with Crippen molar-refractivity contribution in [1.82, 2.24) is 4.98 Å². The van der Waals surface area contributed by atoms with Gasteiger partial charge in [0.25, 0.3) is 0 Å². The molecule has 0 radical (unpaired) electrons. The lowest BCUT2D eigenvalue weighted by molar-refractivity contribution is 0.00422. The molecule has 2 aromatic rings. The molecule has 0 saturated carbocycles. The van der Waals surface area contributed by atoms with E-state index >= 15 is 0 Å². The summed E-state index contributed by atoms with van der Waals surface area (Å²) in [4.78, 5) is 4.24. The Morgan fingerprint density at radius 2 is 2.00 bits per heavy atom. The molecule has 1 aromatic carbocycles. The van der Waals surface area contributed by atoms with E-state index in [0.717, 1.165) is 10.2 Å². The van der Waals surface area contributed by atoms with Crippen LogP contribution < -0.4 is 0 Å². The van der Waals surface area contributed by atoms with Gasteiger partial charge in [0.1, 0.15) is 11.1 Å². The van der Waals surface area contributed by atoms with Gasteiger partial charge in [-0.3, -0.25) is 0 Å². The zero-order valence-corrected chi connectivity index (χ0v) is 9.39. The van der Waals surface area contributed by atoms with E-state index in [-0.39, 0.29) is 13.0 Å². The van der Waals surface area contributed by atoms with Crippen molar-refractivity contribution in [3.8, 4) is 0 Å². The normalized spacial score (nSPS) is 15.2. The maximum absolute atomic E-state index is 9.81. The van der Waals surface area contributed by atoms with Gasteiger partial charge in [-0.2, -0.15) is 0 Å². The molecule has 0 bridgehead atoms. The van der Waals surface area contributed by atoms with Crippen molar-refractivity contribution < 1.29 is 15.3 Å². The summed E-state index contributed by atoms with van der Waals surface area (Å²) in [6.07, 6.45) is -1.84. The van der Waals surface area contributed by atoms with Gasteiger partial charge in [0.15, 0.2) is 0 Å². The number of para-hydroxylation sites is 1. The van der Waals surface area contributed by atoms with Crippen LogP contribution in [-0.2, 0) is 0 Å². The largest absolute Gasteiger partial charge is 0.396 e. The van der Waals surface area contributed by atoms with Crippen LogP contribution in [0.15, 0.2) is 24.3 Å². The summed E-state index contributed by atoms with van der Waals surface area (Å²) < 4.78 is 0.979. The molecule has 5 heteroatoms. The standard InChI is InChI=1S/C11H13NO3S/c13-6-5-8(14)10(15)11-12-7-3-1-2-4-9(7)16-11/h1-4,8,10,13-15H,5-6H2. The Balaban J connectivity index is 2.26. The lowest BCUT2D eigenvalue weighted by atomic mass is 10.1. The number of benzene rings is 1. The van der Waals surface area contributed by atoms with E-state index in [0.29, 0.717) is 5.01 Å². The fourth-order valence-corrected chi connectivity index (χ4v) is 2.48. The predicted octanol–water partition coefficient (Wildman–Crippen LogP) is 1.07. The molecule has 0 saturated heterocycles. The quantitative estimate of drug-likeness (QED) is 0.746. The Morgan fingerprint density at radius 1 is 1.25 bits per heavy atom. The SMILES string of the molecule is OCCC(O)C(O)c1nc2ccccc2s1. The summed E-state index contributed by atoms with van der Waals surface area (Å²) in [6.45, 7) is -0.150. The topological polar surface area (TPSA) is 73.6 Å². The molecule has 0 aliphatic rings. The predicted molar refractivity (Wildman–Crippen MR) is 62.3 cm³/mol. The first-order valence-corrected chi connectivity index (χ1v) is 5.86. The number of nitrogens with zero attached hydrogens (tertiary/aromatic N) is 1. The molecule has 86 valence electrons. The highest BCUT2D eigenvalue weighted by Gasteiger charge is 2.21. The van der Waals surface area contributed by atoms with Crippen molar-refractivity contribution in [1.29, 1.82) is 0 Å². The lowest BCUT2D eigenvalue weighted by Crippen LogP contribution is -2.19. The molecule has 1 aromatic heterocycles. The molecule has 0 spiro atoms. The third-order valence-corrected chi connectivity index (χ3v) is 3.46. The zero-order valence-electron chi connectivity index (χ0n) is 8.58. The third kappa shape index (κ3) is 2.22. The molecule has 1 heterocycles. The van der Waals surface area contributed by atoms with Crippen LogP contribution in [0, 0.1) is 0 Å². The van der Waals surface area contributed by atoms with Gasteiger partial charge < -0.3 is 15.3 Å². The van der Waals surface area contributed by atoms with Crippen molar-refractivity contribution >= 4 is 21.6 Å². The molecule has 0 amide bonds. The van der Waals surface area contributed by atoms with Crippen LogP contribution in [0.4, 0.5) is 0 Å². The number of aromatic nitrogens is 1. The van der Waals surface area contributed by atoms with Crippen LogP contribution in [0.25, 0.3) is 10.2 Å². The van der Waals surface area contributed by atoms with Crippen LogP contribution >= 0.6 is 11.3 Å². The molecule has 16 heavy (non-hydrogen) atoms. The van der Waals surface area contributed by atoms with Gasteiger partial charge in [-0.25, -0.2) is 4.98 Å². The molecule has 3 N–H and O–H groups in total. The Bertz CT molecular complexity index is 438. The number of rotatable bonds is 4. The number of fused-ring (bicyclic) bond motifs is 1. The maximum Gasteiger partial charge on any atom is 0.131 e. The lowest BCUT2D eigenvalue weighted by Gasteiger charge is -2.13. The fourth-order valence-electron chi connectivity index (χ4n) is 1.47. The van der Waals surface area contributed by atoms with Crippen molar-refractivity contribution in [3.63, 3.8) is 0 Å². The van der Waals surface area contributed by atoms with Crippen molar-refractivity contribution in [2.45, 2.75) is 18.6 Å². The van der Waals surface area contributed by atoms with E-state index in [1.54, 1.807) is 0 Å². The van der Waals surface area contributed by atoms with Crippen LogP contribution in [0.2, 0.25) is 0 Å². The average Bonchev–Trinajstić information content (AvgIpc) is 2.71. The molecular weight excluding hydrogens is 226 g/mol. The summed E-state index contributed by atoms with van der Waals surface area (Å²) in [7, 11) is 0. The van der Waals surface area contributed by atoms with Gasteiger partial charge in [-0.05, 0) is 18.6 Å². The van der Waals surface area contributed by atoms with Gasteiger partial charge >= 0.3 is 0 Å². The van der Waals surface area contributed by atoms with Crippen LogP contribution in [0.5, 0.6) is 0 Å². The molecule has 0 aliphatic carbocycles. The number of hydrogen-bond donors (Lipinski definition) is 3. The minimum absolute atomic E-state index is 0.150. The summed E-state index contributed by atoms with van der Waals surface area (Å²) in [5.41, 5.74) is 0.817. The van der Waals surface area contributed by atoms with Crippen LogP contribution in [-0.4, -0.2) is 33.0 Å². The van der Waals surface area contributed by atoms with E-state index in [1.807, 2.05) is 24.3 Å². The Hall–Kier alpha value is -1.01. The number of aliphatic hydroxyl groups is 3. The number of aliphatic hydroxyl groups excluding tert-OH is 3. The smallest absolute Gasteiger partial charge is 0.131 e. The molecule has 2 atom stereocenters. The van der Waals surface area contributed by atoms with E-state index in [9.17, 15) is 10.2 Å². The number of hydrogen-bond acceptors (Lipinski definition) is 5. The molecule has 4 nitrogen and oxygen atoms in total. The Kier molecular flexibility index (Phi) is 3.50. The zero-order chi connectivity index (χ0) is 11.5. The second kappa shape index (κ2) is 4.88. The van der Waals surface area contributed by atoms with Gasteiger partial charge in [0, 0.05) is 6.61 Å². The van der Waals surface area contributed by atoms with Gasteiger partial charge in [-0.15, -0.1) is 11.3 Å². The van der Waals surface area contributed by atoms with Gasteiger partial charge in [0.05, 0.1) is 16.3 Å². The van der Waals surface area contributed by atoms with E-state index in [1.165, 1.54) is 11.3 Å². The van der Waals surface area contributed by atoms with E-state index < -0.39 is 12.2 Å². The summed E-state index contributed by atoms with van der Waals surface area (Å²) >= 11 is 1.36. The first-order valence-electron chi connectivity index (χ1n) is 5.05. The van der Waals surface area contributed by atoms with Crippen molar-refractivity contribution in [3.05, 3.63) is 29.3 Å². The highest BCUT2D eigenvalue weighted by atomic mass is 32.1. The summed E-state index contributed by atoms with van der Waals surface area (Å²) in [5, 5.41) is 28.5. The van der Waals surface area contributed by atoms with E-state index in [4.69, 9.17) is 5.11 Å². The molecule has 2 unspecified atom stereocenters. The minimum Gasteiger partial charge on any atom is -0.396 e. The first-order chi connectivity index (χ1) is 7.72. The third-order valence-electron chi connectivity index (χ3n) is 2.35. The first kappa shape index (κ1) is 11.5. The van der Waals surface area contributed by atoms with Crippen molar-refractivity contribution in [2.24, 2.45) is 0 Å². The highest BCUT2D eigenvalue weighted by Crippen LogP contribution is 2.28. The molecule has 0 fully saturated rings. The van der Waals surface area contributed by atoms with Gasteiger partial charge in [0.2, 0.25) is 0 Å². The van der Waals surface area contributed by atoms with Crippen molar-refractivity contribution in [2.75, 3.05) is 6.61 Å². The summed E-state index contributed by atoms with van der Waals surface area (Å²) in [5.74, 6) is 0. The molecule has 2 rings (SSSR count). The Morgan fingerprint density at radius 3 is 2.69 bits per heavy atom. The summed E-state index contributed by atoms with van der Waals surface area (Å²) in [6, 6.07) is 7.56. The highest BCUT2D eigenvalue weighted by molar-refractivity contribution is 7.18. The van der Waals surface area contributed by atoms with Crippen LogP contribution in [0.1, 0.15) is 17.5 Å². The van der Waals surface area contributed by atoms with Gasteiger partial charge in [-0.1, -0.05) is 12.1 Å². The molecular formula is C11H13NO3S. The second-order valence-corrected chi connectivity index (χ2v) is 4.61. The Labute approximate surface area is 96.8 Å². The number of thiazole rings is 1. The maximum atomic E-state index is 9.81. The van der Waals surface area contributed by atoms with Crippen LogP contribution in [0.3, 0.4) is 0 Å².